The third kappa shape index (κ3) is 9.24. The number of anilines is 1. The van der Waals surface area contributed by atoms with Crippen LogP contribution in [0.2, 0.25) is 0 Å². The van der Waals surface area contributed by atoms with Gasteiger partial charge >= 0.3 is 11.8 Å². The Bertz CT molecular complexity index is 2610. The van der Waals surface area contributed by atoms with Crippen LogP contribution in [0.4, 0.5) is 5.69 Å². The number of phenols is 1. The number of carbonyl (C=O) groups is 3. The van der Waals surface area contributed by atoms with Crippen molar-refractivity contribution in [1.82, 2.24) is 9.88 Å². The second-order valence-electron chi connectivity index (χ2n) is 17.7. The SMILES string of the molecule is CO[C@H]1/C=C/O[C@@]2(C)Oc3c(C)c(=O)c4c(O)c(c5oc6cc(OCCCN(C)C)ccc6nc5c4c3C2=O)NC(=O)/C(C)=C\C=C\[C@H](C)[C@H](O)[C@@H](C)[C@@H](C)[C@@H](C)[C@H](OC(C)=O)[C@@H]1C. The van der Waals surface area contributed by atoms with E-state index in [2.05, 4.69) is 10.2 Å². The number of rotatable bonds is 7. The molecule has 0 radical (unpaired) electrons. The normalized spacial score (nSPS) is 28.8. The Balaban J connectivity index is 1.56. The molecule has 1 aromatic heterocycles. The molecule has 15 nitrogen and oxygen atoms in total. The summed E-state index contributed by atoms with van der Waals surface area (Å²) < 4.78 is 36.6. The molecule has 9 atom stereocenters. The number of aromatic nitrogens is 1. The summed E-state index contributed by atoms with van der Waals surface area (Å²) in [5, 5.41) is 26.1. The van der Waals surface area contributed by atoms with Crippen LogP contribution < -0.4 is 20.2 Å². The molecule has 0 saturated carbocycles. The van der Waals surface area contributed by atoms with Crippen molar-refractivity contribution in [3.8, 4) is 17.2 Å². The van der Waals surface area contributed by atoms with Gasteiger partial charge in [-0.3, -0.25) is 19.2 Å². The fourth-order valence-electron chi connectivity index (χ4n) is 8.66. The Morgan fingerprint density at radius 3 is 2.39 bits per heavy atom. The molecule has 3 aromatic carbocycles. The van der Waals surface area contributed by atoms with Gasteiger partial charge in [-0.1, -0.05) is 52.8 Å². The molecular weight excluding hydrogens is 823 g/mol. The first-order chi connectivity index (χ1) is 30.2. The number of benzene rings is 3. The number of aliphatic hydroxyl groups is 1. The lowest BCUT2D eigenvalue weighted by Crippen LogP contribution is -2.43. The summed E-state index contributed by atoms with van der Waals surface area (Å²) in [7, 11) is 5.46. The fourth-order valence-corrected chi connectivity index (χ4v) is 8.66. The monoisotopic (exact) mass is 883 g/mol. The molecule has 0 aliphatic carbocycles. The van der Waals surface area contributed by atoms with Crippen LogP contribution in [0.1, 0.15) is 77.7 Å². The highest BCUT2D eigenvalue weighted by Gasteiger charge is 2.49. The number of amides is 1. The zero-order chi connectivity index (χ0) is 46.9. The average Bonchev–Trinajstić information content (AvgIpc) is 3.52. The van der Waals surface area contributed by atoms with Gasteiger partial charge in [-0.25, -0.2) is 4.98 Å². The molecule has 0 fully saturated rings. The zero-order valence-corrected chi connectivity index (χ0v) is 38.7. The first kappa shape index (κ1) is 47.7. The van der Waals surface area contributed by atoms with E-state index in [4.69, 9.17) is 33.1 Å². The van der Waals surface area contributed by atoms with E-state index in [1.54, 1.807) is 49.4 Å². The van der Waals surface area contributed by atoms with Crippen LogP contribution in [0, 0.1) is 36.5 Å². The van der Waals surface area contributed by atoms with E-state index in [1.165, 1.54) is 34.1 Å². The molecule has 64 heavy (non-hydrogen) atoms. The lowest BCUT2D eigenvalue weighted by atomic mass is 9.73. The minimum absolute atomic E-state index is 0.00129. The zero-order valence-electron chi connectivity index (χ0n) is 38.7. The second-order valence-corrected chi connectivity index (χ2v) is 17.7. The molecule has 0 saturated heterocycles. The molecule has 2 aliphatic heterocycles. The standard InChI is InChI=1S/C49H61N3O12/c1-24-15-13-16-25(2)48(58)51-40-43(56)37-36(39-46(40)63-35-23-32(17-18-33(35)50-39)60-21-14-20-52(10)11)38-45(30(7)42(37)55)64-49(9,47(38)57)61-22-19-34(59-12)29(6)44(62-31(8)53)28(5)26(3)27(4)41(24)54/h13,15-19,22-24,26-29,34,41,44,54,56H,14,20-21H2,1-12H3,(H,51,58)/b15-13+,22-19+,25-16-/t24-,26+,27-,28+,29+,34-,41-,44-,49-/m0/s1. The maximum Gasteiger partial charge on any atom is 0.312 e. The summed E-state index contributed by atoms with van der Waals surface area (Å²) in [6.07, 6.45) is 6.53. The number of aromatic hydroxyl groups is 1. The molecule has 3 N–H and O–H groups in total. The fraction of sp³-hybridized carbons (Fsp3) is 0.490. The molecular formula is C49H61N3O12. The number of carbonyl (C=O) groups excluding carboxylic acids is 3. The number of fused-ring (bicyclic) bond motifs is 2. The number of methoxy groups -OCH3 is 1. The number of ether oxygens (including phenoxy) is 5. The van der Waals surface area contributed by atoms with Gasteiger partial charge < -0.3 is 48.5 Å². The first-order valence-corrected chi connectivity index (χ1v) is 21.7. The van der Waals surface area contributed by atoms with Gasteiger partial charge in [0.25, 0.3) is 11.7 Å². The number of aliphatic hydroxyl groups excluding tert-OH is 1. The van der Waals surface area contributed by atoms with Crippen LogP contribution in [0.25, 0.3) is 33.0 Å². The number of nitrogens with one attached hydrogen (secondary N) is 1. The molecule has 3 heterocycles. The van der Waals surface area contributed by atoms with E-state index in [1.807, 2.05) is 48.7 Å². The summed E-state index contributed by atoms with van der Waals surface area (Å²) in [6, 6.07) is 5.05. The van der Waals surface area contributed by atoms with Crippen molar-refractivity contribution < 1.29 is 52.7 Å². The third-order valence-electron chi connectivity index (χ3n) is 12.9. The maximum atomic E-state index is 14.7. The van der Waals surface area contributed by atoms with E-state index >= 15 is 0 Å². The van der Waals surface area contributed by atoms with Gasteiger partial charge in [0.1, 0.15) is 34.3 Å². The smallest absolute Gasteiger partial charge is 0.312 e. The Morgan fingerprint density at radius 2 is 1.72 bits per heavy atom. The molecule has 0 unspecified atom stereocenters. The van der Waals surface area contributed by atoms with Crippen LogP contribution in [0.15, 0.2) is 63.6 Å². The first-order valence-electron chi connectivity index (χ1n) is 21.7. The van der Waals surface area contributed by atoms with Gasteiger partial charge in [-0.15, -0.1) is 0 Å². The van der Waals surface area contributed by atoms with Crippen molar-refractivity contribution in [2.45, 2.75) is 92.8 Å². The molecule has 0 spiro atoms. The quantitative estimate of drug-likeness (QED) is 0.0539. The van der Waals surface area contributed by atoms with Gasteiger partial charge in [0.2, 0.25) is 0 Å². The van der Waals surface area contributed by atoms with E-state index in [0.29, 0.717) is 17.9 Å². The second kappa shape index (κ2) is 19.1. The van der Waals surface area contributed by atoms with Gasteiger partial charge in [0.05, 0.1) is 36.0 Å². The van der Waals surface area contributed by atoms with Gasteiger partial charge in [0, 0.05) is 61.9 Å². The molecule has 1 amide bonds. The maximum absolute atomic E-state index is 14.7. The van der Waals surface area contributed by atoms with Crippen molar-refractivity contribution in [2.24, 2.45) is 29.6 Å². The van der Waals surface area contributed by atoms with Crippen molar-refractivity contribution in [3.63, 3.8) is 0 Å². The summed E-state index contributed by atoms with van der Waals surface area (Å²) in [4.78, 5) is 62.5. The van der Waals surface area contributed by atoms with Crippen LogP contribution in [-0.2, 0) is 23.8 Å². The Morgan fingerprint density at radius 1 is 1.00 bits per heavy atom. The van der Waals surface area contributed by atoms with Crippen molar-refractivity contribution >= 4 is 56.3 Å². The van der Waals surface area contributed by atoms with E-state index in [0.717, 1.165) is 13.0 Å². The minimum Gasteiger partial charge on any atom is -0.505 e. The molecule has 344 valence electrons. The van der Waals surface area contributed by atoms with Gasteiger partial charge in [0.15, 0.2) is 22.3 Å². The third-order valence-corrected chi connectivity index (χ3v) is 12.9. The summed E-state index contributed by atoms with van der Waals surface area (Å²) in [5.41, 5.74) is -0.275. The highest BCUT2D eigenvalue weighted by Crippen LogP contribution is 2.48. The summed E-state index contributed by atoms with van der Waals surface area (Å²) >= 11 is 0. The molecule has 2 aliphatic rings. The van der Waals surface area contributed by atoms with Gasteiger partial charge in [-0.2, -0.15) is 0 Å². The van der Waals surface area contributed by atoms with Crippen LogP contribution in [0.3, 0.4) is 0 Å². The predicted octanol–water partition coefficient (Wildman–Crippen LogP) is 7.60. The van der Waals surface area contributed by atoms with Gasteiger partial charge in [-0.05, 0) is 70.3 Å². The Labute approximate surface area is 373 Å². The summed E-state index contributed by atoms with van der Waals surface area (Å²) in [5.74, 6) is -5.42. The number of ketones is 1. The number of nitrogens with zero attached hydrogens (tertiary/aromatic N) is 2. The molecule has 4 bridgehead atoms. The van der Waals surface area contributed by atoms with Crippen molar-refractivity contribution in [2.75, 3.05) is 39.7 Å². The number of phenolic OH excluding ortho intramolecular Hbond substituents is 1. The number of Topliss-reactive ketones (excluding diaryl/α,β-unsaturated/α-hetero) is 1. The van der Waals surface area contributed by atoms with Crippen LogP contribution in [0.5, 0.6) is 17.2 Å². The number of hydrogen-bond donors (Lipinski definition) is 3. The van der Waals surface area contributed by atoms with Crippen molar-refractivity contribution in [1.29, 1.82) is 0 Å². The average molecular weight is 884 g/mol. The topological polar surface area (TPSA) is 196 Å². The lowest BCUT2D eigenvalue weighted by molar-refractivity contribution is -0.157. The predicted molar refractivity (Wildman–Crippen MR) is 244 cm³/mol. The van der Waals surface area contributed by atoms with E-state index in [9.17, 15) is 29.4 Å². The Kier molecular flexibility index (Phi) is 14.3. The van der Waals surface area contributed by atoms with E-state index in [-0.39, 0.29) is 79.3 Å². The Hall–Kier alpha value is -5.77. The largest absolute Gasteiger partial charge is 0.505 e. The molecule has 6 rings (SSSR count). The number of allylic oxidation sites excluding steroid dienone is 2. The highest BCUT2D eigenvalue weighted by atomic mass is 16.7. The van der Waals surface area contributed by atoms with E-state index < -0.39 is 58.9 Å². The molecule has 15 heteroatoms. The minimum atomic E-state index is -2.00. The number of hydrogen-bond acceptors (Lipinski definition) is 14. The van der Waals surface area contributed by atoms with Crippen molar-refractivity contribution in [3.05, 3.63) is 75.7 Å². The molecule has 4 aromatic rings. The highest BCUT2D eigenvalue weighted by molar-refractivity contribution is 6.26. The lowest BCUT2D eigenvalue weighted by Gasteiger charge is -2.39. The summed E-state index contributed by atoms with van der Waals surface area (Å²) in [6.45, 7) is 16.7. The number of esters is 1. The van der Waals surface area contributed by atoms with Crippen LogP contribution >= 0.6 is 0 Å². The van der Waals surface area contributed by atoms with Crippen LogP contribution in [-0.4, -0.2) is 96.2 Å².